The minimum atomic E-state index is -0.760. The Balaban J connectivity index is 1.56. The zero-order valence-corrected chi connectivity index (χ0v) is 20.1. The number of amides is 1. The molecule has 2 aromatic heterocycles. The number of ether oxygens (including phenoxy) is 2. The fourth-order valence-corrected chi connectivity index (χ4v) is 4.20. The van der Waals surface area contributed by atoms with Crippen molar-refractivity contribution in [2.45, 2.75) is 6.42 Å². The molecule has 0 unspecified atom stereocenters. The second kappa shape index (κ2) is 9.70. The molecule has 0 bridgehead atoms. The van der Waals surface area contributed by atoms with Gasteiger partial charge in [-0.2, -0.15) is 5.10 Å². The summed E-state index contributed by atoms with van der Waals surface area (Å²) in [6.07, 6.45) is 3.05. The van der Waals surface area contributed by atoms with Crippen LogP contribution in [0.4, 0.5) is 11.4 Å². The van der Waals surface area contributed by atoms with Gasteiger partial charge in [0.05, 0.1) is 28.9 Å². The van der Waals surface area contributed by atoms with Crippen molar-refractivity contribution in [1.82, 2.24) is 14.8 Å². The van der Waals surface area contributed by atoms with Crippen LogP contribution < -0.4 is 14.4 Å². The number of halogens is 1. The zero-order chi connectivity index (χ0) is 26.1. The van der Waals surface area contributed by atoms with E-state index in [1.807, 2.05) is 0 Å². The van der Waals surface area contributed by atoms with Crippen molar-refractivity contribution in [3.63, 3.8) is 0 Å². The molecule has 37 heavy (non-hydrogen) atoms. The number of esters is 1. The highest BCUT2D eigenvalue weighted by Gasteiger charge is 2.36. The maximum absolute atomic E-state index is 13.7. The van der Waals surface area contributed by atoms with E-state index in [9.17, 15) is 19.7 Å². The van der Waals surface area contributed by atoms with Crippen LogP contribution in [0.2, 0.25) is 5.02 Å². The number of nitro benzene ring substituents is 1. The smallest absolute Gasteiger partial charge is 0.364 e. The van der Waals surface area contributed by atoms with E-state index in [4.69, 9.17) is 21.1 Å². The number of methoxy groups -OCH3 is 1. The third-order valence-corrected chi connectivity index (χ3v) is 6.00. The van der Waals surface area contributed by atoms with Crippen molar-refractivity contribution in [3.05, 3.63) is 99.1 Å². The summed E-state index contributed by atoms with van der Waals surface area (Å²) < 4.78 is 12.1. The summed E-state index contributed by atoms with van der Waals surface area (Å²) in [5, 5.41) is 15.8. The van der Waals surface area contributed by atoms with Gasteiger partial charge in [-0.1, -0.05) is 11.6 Å². The maximum atomic E-state index is 13.7. The molecule has 3 heterocycles. The van der Waals surface area contributed by atoms with Crippen molar-refractivity contribution in [2.75, 3.05) is 18.6 Å². The Morgan fingerprint density at radius 2 is 1.76 bits per heavy atom. The molecule has 11 nitrogen and oxygen atoms in total. The molecule has 1 amide bonds. The number of carbonyl (C=O) groups is 2. The lowest BCUT2D eigenvalue weighted by molar-refractivity contribution is -0.384. The topological polar surface area (TPSA) is 130 Å². The lowest BCUT2D eigenvalue weighted by Gasteiger charge is -2.27. The van der Waals surface area contributed by atoms with Crippen LogP contribution in [0.3, 0.4) is 0 Å². The molecule has 12 heteroatoms. The standard InChI is InChI=1S/C25H18ClN5O6/c1-36-19-8-6-17(7-9-19)30-23-21(22(28-30)25(33)37-20-12-15(26)13-27-14-20)10-11-29(24(23)32)16-2-4-18(5-3-16)31(34)35/h2-9,12-14H,10-11H2,1H3. The summed E-state index contributed by atoms with van der Waals surface area (Å²) in [4.78, 5) is 42.8. The van der Waals surface area contributed by atoms with Crippen molar-refractivity contribution in [2.24, 2.45) is 0 Å². The number of nitrogens with zero attached hydrogens (tertiary/aromatic N) is 5. The van der Waals surface area contributed by atoms with Gasteiger partial charge in [-0.05, 0) is 42.8 Å². The quantitative estimate of drug-likeness (QED) is 0.210. The molecule has 186 valence electrons. The van der Waals surface area contributed by atoms with Crippen molar-refractivity contribution >= 4 is 34.9 Å². The molecule has 2 aromatic carbocycles. The Labute approximate surface area is 215 Å². The Hall–Kier alpha value is -4.77. The van der Waals surface area contributed by atoms with E-state index in [2.05, 4.69) is 10.1 Å². The number of aromatic nitrogens is 3. The van der Waals surface area contributed by atoms with Crippen molar-refractivity contribution in [1.29, 1.82) is 0 Å². The van der Waals surface area contributed by atoms with E-state index in [0.29, 0.717) is 34.1 Å². The summed E-state index contributed by atoms with van der Waals surface area (Å²) in [7, 11) is 1.54. The molecule has 0 atom stereocenters. The Bertz CT molecular complexity index is 1520. The predicted molar refractivity (Wildman–Crippen MR) is 133 cm³/mol. The second-order valence-corrected chi connectivity index (χ2v) is 8.43. The van der Waals surface area contributed by atoms with Crippen LogP contribution in [0.5, 0.6) is 11.5 Å². The van der Waals surface area contributed by atoms with Crippen LogP contribution >= 0.6 is 11.6 Å². The number of non-ortho nitro benzene ring substituents is 1. The number of anilines is 1. The molecule has 4 aromatic rings. The lowest BCUT2D eigenvalue weighted by atomic mass is 10.0. The average molecular weight is 520 g/mol. The van der Waals surface area contributed by atoms with E-state index < -0.39 is 16.8 Å². The highest BCUT2D eigenvalue weighted by atomic mass is 35.5. The van der Waals surface area contributed by atoms with Gasteiger partial charge < -0.3 is 14.4 Å². The molecule has 0 saturated heterocycles. The van der Waals surface area contributed by atoms with Crippen molar-refractivity contribution in [3.8, 4) is 17.2 Å². The summed E-state index contributed by atoms with van der Waals surface area (Å²) in [5.41, 5.74) is 1.53. The summed E-state index contributed by atoms with van der Waals surface area (Å²) in [6, 6.07) is 14.0. The number of rotatable bonds is 6. The average Bonchev–Trinajstić information content (AvgIpc) is 3.30. The first kappa shape index (κ1) is 23.9. The summed E-state index contributed by atoms with van der Waals surface area (Å²) in [5.74, 6) is -0.428. The van der Waals surface area contributed by atoms with Crippen LogP contribution in [0, 0.1) is 10.1 Å². The first-order valence-corrected chi connectivity index (χ1v) is 11.4. The molecule has 0 aliphatic carbocycles. The van der Waals surface area contributed by atoms with Crippen LogP contribution in [0.15, 0.2) is 67.0 Å². The molecule has 0 spiro atoms. The third kappa shape index (κ3) is 4.59. The first-order valence-electron chi connectivity index (χ1n) is 11.0. The predicted octanol–water partition coefficient (Wildman–Crippen LogP) is 4.26. The number of benzene rings is 2. The summed E-state index contributed by atoms with van der Waals surface area (Å²) in [6.45, 7) is 0.233. The third-order valence-electron chi connectivity index (χ3n) is 5.79. The van der Waals surface area contributed by atoms with Crippen LogP contribution in [-0.4, -0.2) is 45.2 Å². The van der Waals surface area contributed by atoms with E-state index in [-0.39, 0.29) is 29.4 Å². The number of hydrogen-bond acceptors (Lipinski definition) is 8. The number of carbonyl (C=O) groups excluding carboxylic acids is 2. The van der Waals surface area contributed by atoms with Gasteiger partial charge >= 0.3 is 5.97 Å². The molecule has 0 radical (unpaired) electrons. The normalized spacial score (nSPS) is 12.7. The SMILES string of the molecule is COc1ccc(-n2nc(C(=O)Oc3cncc(Cl)c3)c3c2C(=O)N(c2ccc([N+](=O)[O-])cc2)CC3)cc1. The minimum absolute atomic E-state index is 0.0116. The minimum Gasteiger partial charge on any atom is -0.497 e. The number of fused-ring (bicyclic) bond motifs is 1. The number of pyridine rings is 1. The van der Waals surface area contributed by atoms with Gasteiger partial charge in [-0.3, -0.25) is 19.9 Å². The number of nitro groups is 1. The Kier molecular flexibility index (Phi) is 6.28. The molecule has 0 saturated carbocycles. The molecule has 1 aliphatic heterocycles. The zero-order valence-electron chi connectivity index (χ0n) is 19.3. The molecular weight excluding hydrogens is 502 g/mol. The molecule has 5 rings (SSSR count). The first-order chi connectivity index (χ1) is 17.9. The fourth-order valence-electron chi connectivity index (χ4n) is 4.04. The van der Waals surface area contributed by atoms with Crippen LogP contribution in [0.25, 0.3) is 5.69 Å². The van der Waals surface area contributed by atoms with Gasteiger partial charge in [0.15, 0.2) is 11.4 Å². The van der Waals surface area contributed by atoms with E-state index in [1.54, 1.807) is 24.3 Å². The maximum Gasteiger partial charge on any atom is 0.364 e. The monoisotopic (exact) mass is 519 g/mol. The Morgan fingerprint density at radius 3 is 2.41 bits per heavy atom. The lowest BCUT2D eigenvalue weighted by Crippen LogP contribution is -2.39. The summed E-state index contributed by atoms with van der Waals surface area (Å²) >= 11 is 5.95. The van der Waals surface area contributed by atoms with E-state index >= 15 is 0 Å². The van der Waals surface area contributed by atoms with Gasteiger partial charge in [-0.15, -0.1) is 0 Å². The highest BCUT2D eigenvalue weighted by molar-refractivity contribution is 6.30. The van der Waals surface area contributed by atoms with E-state index in [1.165, 1.54) is 59.4 Å². The van der Waals surface area contributed by atoms with Gasteiger partial charge in [-0.25, -0.2) is 9.48 Å². The molecule has 0 N–H and O–H groups in total. The van der Waals surface area contributed by atoms with Gasteiger partial charge in [0.1, 0.15) is 11.4 Å². The Morgan fingerprint density at radius 1 is 1.05 bits per heavy atom. The molecular formula is C25H18ClN5O6. The second-order valence-electron chi connectivity index (χ2n) is 7.99. The largest absolute Gasteiger partial charge is 0.497 e. The van der Waals surface area contributed by atoms with Crippen LogP contribution in [-0.2, 0) is 6.42 Å². The fraction of sp³-hybridized carbons (Fsp3) is 0.120. The highest BCUT2D eigenvalue weighted by Crippen LogP contribution is 2.31. The van der Waals surface area contributed by atoms with Crippen molar-refractivity contribution < 1.29 is 24.0 Å². The van der Waals surface area contributed by atoms with Gasteiger partial charge in [0.2, 0.25) is 0 Å². The molecule has 0 fully saturated rings. The van der Waals surface area contributed by atoms with Gasteiger partial charge in [0.25, 0.3) is 11.6 Å². The molecule has 1 aliphatic rings. The van der Waals surface area contributed by atoms with Crippen LogP contribution in [0.1, 0.15) is 26.5 Å². The number of hydrogen-bond donors (Lipinski definition) is 0. The van der Waals surface area contributed by atoms with Gasteiger partial charge in [0, 0.05) is 42.2 Å². The van der Waals surface area contributed by atoms with E-state index in [0.717, 1.165) is 0 Å².